The summed E-state index contributed by atoms with van der Waals surface area (Å²) in [5, 5.41) is 13.6. The molecule has 0 unspecified atom stereocenters. The highest BCUT2D eigenvalue weighted by Crippen LogP contribution is 2.29. The Bertz CT molecular complexity index is 1410. The van der Waals surface area contributed by atoms with Crippen LogP contribution >= 0.6 is 23.2 Å². The van der Waals surface area contributed by atoms with E-state index in [0.717, 1.165) is 16.7 Å². The van der Waals surface area contributed by atoms with E-state index in [4.69, 9.17) is 48.3 Å². The largest absolute Gasteiger partial charge is 0.494 e. The van der Waals surface area contributed by atoms with E-state index in [1.165, 1.54) is 0 Å². The van der Waals surface area contributed by atoms with Gasteiger partial charge in [-0.2, -0.15) is 0 Å². The zero-order chi connectivity index (χ0) is 28.4. The molecule has 0 aliphatic carbocycles. The number of ether oxygens (including phenoxy) is 2. The highest BCUT2D eigenvalue weighted by Gasteiger charge is 2.45. The van der Waals surface area contributed by atoms with Gasteiger partial charge >= 0.3 is 0 Å². The summed E-state index contributed by atoms with van der Waals surface area (Å²) in [6, 6.07) is 19.7. The summed E-state index contributed by atoms with van der Waals surface area (Å²) >= 11 is 12.2. The number of aliphatic hydroxyl groups excluding tert-OH is 1. The molecule has 12 heteroatoms. The fourth-order valence-corrected chi connectivity index (χ4v) is 4.61. The molecule has 208 valence electrons. The van der Waals surface area contributed by atoms with Gasteiger partial charge in [0.1, 0.15) is 12.4 Å². The Kier molecular flexibility index (Phi) is 10.2. The number of benzene rings is 3. The topological polar surface area (TPSA) is 141 Å². The second-order valence-corrected chi connectivity index (χ2v) is 9.91. The normalized spacial score (nSPS) is 16.0. The molecule has 1 heterocycles. The third-order valence-electron chi connectivity index (χ3n) is 6.26. The van der Waals surface area contributed by atoms with Crippen molar-refractivity contribution in [3.8, 4) is 5.75 Å². The molecule has 1 aliphatic heterocycles. The Labute approximate surface area is 241 Å². The van der Waals surface area contributed by atoms with Crippen molar-refractivity contribution in [3.63, 3.8) is 0 Å². The summed E-state index contributed by atoms with van der Waals surface area (Å²) in [4.78, 5) is 21.3. The predicted molar refractivity (Wildman–Crippen MR) is 153 cm³/mol. The van der Waals surface area contributed by atoms with Crippen LogP contribution in [0.1, 0.15) is 28.7 Å². The Balaban J connectivity index is 1.57. The summed E-state index contributed by atoms with van der Waals surface area (Å²) in [5.41, 5.74) is 16.3. The number of amides is 1. The van der Waals surface area contributed by atoms with Gasteiger partial charge in [-0.25, -0.2) is 10.4 Å². The van der Waals surface area contributed by atoms with Gasteiger partial charge in [-0.05, 0) is 58.6 Å². The van der Waals surface area contributed by atoms with Crippen molar-refractivity contribution in [3.05, 3.63) is 109 Å². The number of halogens is 2. The standard InChI is InChI=1S/C28H28Cl2N6O4/c29-23-9-6-22(25(30)14-23)17-32-35-27(38)28(15-20-4-1-2-5-21(20)16-33-36-31)18-40-26(34-28)19-7-10-24(11-8-19)39-13-3-12-37/h1-2,4-11,14,32,37H,3,12-13,15-18H2,(H,35,38)/t28-/m0/s1. The molecule has 3 N–H and O–H groups in total. The van der Waals surface area contributed by atoms with Gasteiger partial charge in [0.15, 0.2) is 5.54 Å². The number of hydrogen-bond acceptors (Lipinski definition) is 7. The molecule has 3 aromatic carbocycles. The zero-order valence-electron chi connectivity index (χ0n) is 21.5. The van der Waals surface area contributed by atoms with Crippen molar-refractivity contribution >= 4 is 35.0 Å². The summed E-state index contributed by atoms with van der Waals surface area (Å²) < 4.78 is 11.6. The van der Waals surface area contributed by atoms with Crippen molar-refractivity contribution in [1.29, 1.82) is 0 Å². The summed E-state index contributed by atoms with van der Waals surface area (Å²) in [7, 11) is 0. The van der Waals surface area contributed by atoms with Gasteiger partial charge in [-0.1, -0.05) is 58.6 Å². The maximum Gasteiger partial charge on any atom is 0.266 e. The Morgan fingerprint density at radius 2 is 1.90 bits per heavy atom. The third kappa shape index (κ3) is 7.44. The quantitative estimate of drug-likeness (QED) is 0.0840. The van der Waals surface area contributed by atoms with Crippen molar-refractivity contribution < 1.29 is 19.4 Å². The van der Waals surface area contributed by atoms with Gasteiger partial charge in [0, 0.05) is 46.5 Å². The molecule has 40 heavy (non-hydrogen) atoms. The maximum atomic E-state index is 13.7. The number of carbonyl (C=O) groups excluding carboxylic acids is 1. The molecule has 10 nitrogen and oxygen atoms in total. The van der Waals surface area contributed by atoms with Gasteiger partial charge < -0.3 is 14.6 Å². The number of aliphatic hydroxyl groups is 1. The van der Waals surface area contributed by atoms with E-state index >= 15 is 0 Å². The smallest absolute Gasteiger partial charge is 0.266 e. The van der Waals surface area contributed by atoms with Crippen molar-refractivity contribution in [2.75, 3.05) is 19.8 Å². The second kappa shape index (κ2) is 14.0. The fourth-order valence-electron chi connectivity index (χ4n) is 4.14. The Morgan fingerprint density at radius 3 is 2.62 bits per heavy atom. The average molecular weight is 583 g/mol. The molecule has 3 aromatic rings. The van der Waals surface area contributed by atoms with Crippen LogP contribution in [0.2, 0.25) is 10.0 Å². The van der Waals surface area contributed by atoms with E-state index in [9.17, 15) is 4.79 Å². The highest BCUT2D eigenvalue weighted by atomic mass is 35.5. The average Bonchev–Trinajstić information content (AvgIpc) is 3.39. The molecule has 0 aromatic heterocycles. The van der Waals surface area contributed by atoms with Gasteiger partial charge in [-0.15, -0.1) is 0 Å². The van der Waals surface area contributed by atoms with Crippen LogP contribution < -0.4 is 15.6 Å². The van der Waals surface area contributed by atoms with Crippen LogP contribution in [0.5, 0.6) is 5.75 Å². The zero-order valence-corrected chi connectivity index (χ0v) is 23.0. The van der Waals surface area contributed by atoms with Gasteiger partial charge in [0.25, 0.3) is 5.91 Å². The van der Waals surface area contributed by atoms with Crippen molar-refractivity contribution in [2.45, 2.75) is 31.5 Å². The lowest BCUT2D eigenvalue weighted by Gasteiger charge is -2.24. The summed E-state index contributed by atoms with van der Waals surface area (Å²) in [6.07, 6.45) is 0.750. The molecule has 1 atom stereocenters. The minimum atomic E-state index is -1.30. The molecule has 0 radical (unpaired) electrons. The van der Waals surface area contributed by atoms with E-state index in [0.29, 0.717) is 40.3 Å². The molecule has 0 spiro atoms. The summed E-state index contributed by atoms with van der Waals surface area (Å²) in [6.45, 7) is 0.871. The number of carbonyl (C=O) groups is 1. The minimum absolute atomic E-state index is 0.00213. The first-order chi connectivity index (χ1) is 19.4. The highest BCUT2D eigenvalue weighted by molar-refractivity contribution is 6.35. The number of hydrogen-bond donors (Lipinski definition) is 3. The monoisotopic (exact) mass is 582 g/mol. The van der Waals surface area contributed by atoms with Gasteiger partial charge in [-0.3, -0.25) is 10.2 Å². The number of nitrogens with one attached hydrogen (secondary N) is 2. The van der Waals surface area contributed by atoms with E-state index in [1.54, 1.807) is 42.5 Å². The predicted octanol–water partition coefficient (Wildman–Crippen LogP) is 5.14. The number of azide groups is 1. The van der Waals surface area contributed by atoms with Crippen molar-refractivity contribution in [1.82, 2.24) is 10.9 Å². The van der Waals surface area contributed by atoms with Gasteiger partial charge in [0.05, 0.1) is 13.2 Å². The maximum absolute atomic E-state index is 13.7. The van der Waals surface area contributed by atoms with Crippen LogP contribution in [0.4, 0.5) is 0 Å². The Hall–Kier alpha value is -3.79. The van der Waals surface area contributed by atoms with Crippen LogP contribution in [0.25, 0.3) is 10.4 Å². The molecular formula is C28H28Cl2N6O4. The van der Waals surface area contributed by atoms with Gasteiger partial charge in [0.2, 0.25) is 5.90 Å². The van der Waals surface area contributed by atoms with Crippen LogP contribution in [0, 0.1) is 0 Å². The van der Waals surface area contributed by atoms with E-state index in [2.05, 4.69) is 20.9 Å². The van der Waals surface area contributed by atoms with E-state index in [1.807, 2.05) is 24.3 Å². The molecule has 0 fully saturated rings. The molecule has 0 bridgehead atoms. The molecule has 0 saturated carbocycles. The molecule has 0 saturated heterocycles. The second-order valence-electron chi connectivity index (χ2n) is 9.07. The summed E-state index contributed by atoms with van der Waals surface area (Å²) in [5.74, 6) is 0.581. The van der Waals surface area contributed by atoms with Crippen LogP contribution in [0.3, 0.4) is 0 Å². The lowest BCUT2D eigenvalue weighted by atomic mass is 9.89. The van der Waals surface area contributed by atoms with E-state index < -0.39 is 11.4 Å². The number of nitrogens with zero attached hydrogens (tertiary/aromatic N) is 4. The Morgan fingerprint density at radius 1 is 1.12 bits per heavy atom. The number of hydrazine groups is 1. The van der Waals surface area contributed by atoms with Crippen LogP contribution in [-0.2, 0) is 29.0 Å². The molecular weight excluding hydrogens is 555 g/mol. The molecule has 1 amide bonds. The molecule has 1 aliphatic rings. The minimum Gasteiger partial charge on any atom is -0.494 e. The number of aliphatic imine (C=N–C) groups is 1. The van der Waals surface area contributed by atoms with Crippen molar-refractivity contribution in [2.24, 2.45) is 10.1 Å². The lowest BCUT2D eigenvalue weighted by Crippen LogP contribution is -2.52. The fraction of sp³-hybridized carbons (Fsp3) is 0.286. The van der Waals surface area contributed by atoms with Crippen LogP contribution in [0.15, 0.2) is 76.8 Å². The molecule has 4 rings (SSSR count). The van der Waals surface area contributed by atoms with E-state index in [-0.39, 0.29) is 32.7 Å². The first-order valence-corrected chi connectivity index (χ1v) is 13.3. The first-order valence-electron chi connectivity index (χ1n) is 12.6. The third-order valence-corrected chi connectivity index (χ3v) is 6.85. The SMILES string of the molecule is [N-]=[N+]=NCc1ccccc1C[C@@]1(C(=O)NNCc2ccc(Cl)cc2Cl)COC(c2ccc(OCCCO)cc2)=N1. The lowest BCUT2D eigenvalue weighted by molar-refractivity contribution is -0.127. The number of rotatable bonds is 13. The first kappa shape index (κ1) is 29.2. The van der Waals surface area contributed by atoms with Crippen LogP contribution in [-0.4, -0.2) is 42.3 Å².